The van der Waals surface area contributed by atoms with Crippen LogP contribution >= 0.6 is 11.8 Å². The average molecular weight is 514 g/mol. The molecule has 14 nitrogen and oxygen atoms in total. The second kappa shape index (κ2) is 15.5. The van der Waals surface area contributed by atoms with Crippen molar-refractivity contribution in [3.05, 3.63) is 18.2 Å². The van der Waals surface area contributed by atoms with E-state index < -0.39 is 47.9 Å². The molecular weight excluding hydrogens is 478 g/mol. The summed E-state index contributed by atoms with van der Waals surface area (Å²) in [6, 6.07) is -4.09. The molecule has 35 heavy (non-hydrogen) atoms. The lowest BCUT2D eigenvalue weighted by Gasteiger charge is -2.23. The molecule has 196 valence electrons. The second-order valence-electron chi connectivity index (χ2n) is 7.81. The van der Waals surface area contributed by atoms with Gasteiger partial charge in [0.15, 0.2) is 5.96 Å². The van der Waals surface area contributed by atoms with Crippen LogP contribution in [-0.2, 0) is 25.6 Å². The molecule has 4 atom stereocenters. The summed E-state index contributed by atoms with van der Waals surface area (Å²) in [6.07, 6.45) is 5.77. The number of rotatable bonds is 16. The third kappa shape index (κ3) is 11.6. The van der Waals surface area contributed by atoms with Gasteiger partial charge in [0, 0.05) is 24.9 Å². The fraction of sp³-hybridized carbons (Fsp3) is 0.600. The number of carboxylic acids is 1. The van der Waals surface area contributed by atoms with Gasteiger partial charge in [0.2, 0.25) is 17.7 Å². The van der Waals surface area contributed by atoms with E-state index in [4.69, 9.17) is 17.2 Å². The fourth-order valence-electron chi connectivity index (χ4n) is 2.92. The third-order valence-electron chi connectivity index (χ3n) is 4.89. The average Bonchev–Trinajstić information content (AvgIpc) is 3.31. The molecule has 0 saturated heterocycles. The molecule has 1 rings (SSSR count). The minimum absolute atomic E-state index is 0.0391. The van der Waals surface area contributed by atoms with Gasteiger partial charge in [0.1, 0.15) is 18.1 Å². The summed E-state index contributed by atoms with van der Waals surface area (Å²) in [7, 11) is 0. The van der Waals surface area contributed by atoms with E-state index in [1.165, 1.54) is 31.2 Å². The molecule has 0 aliphatic heterocycles. The molecule has 3 amide bonds. The Balaban J connectivity index is 2.76. The van der Waals surface area contributed by atoms with Crippen molar-refractivity contribution in [1.29, 1.82) is 0 Å². The first-order chi connectivity index (χ1) is 16.5. The number of H-pyrrole nitrogens is 1. The summed E-state index contributed by atoms with van der Waals surface area (Å²) in [5.74, 6) is -2.55. The van der Waals surface area contributed by atoms with E-state index in [1.54, 1.807) is 0 Å². The van der Waals surface area contributed by atoms with Crippen LogP contribution in [0.1, 0.15) is 31.9 Å². The fourth-order valence-corrected chi connectivity index (χ4v) is 3.40. The Morgan fingerprint density at radius 1 is 1.11 bits per heavy atom. The van der Waals surface area contributed by atoms with Crippen LogP contribution in [0.3, 0.4) is 0 Å². The van der Waals surface area contributed by atoms with Crippen LogP contribution < -0.4 is 33.2 Å². The molecule has 1 aromatic heterocycles. The van der Waals surface area contributed by atoms with Crippen LogP contribution in [0, 0.1) is 0 Å². The van der Waals surface area contributed by atoms with Crippen molar-refractivity contribution in [2.24, 2.45) is 22.2 Å². The molecule has 0 spiro atoms. The molecule has 0 radical (unpaired) electrons. The van der Waals surface area contributed by atoms with Crippen LogP contribution in [0.5, 0.6) is 0 Å². The summed E-state index contributed by atoms with van der Waals surface area (Å²) in [6.45, 7) is 1.76. The van der Waals surface area contributed by atoms with E-state index in [9.17, 15) is 24.3 Å². The summed E-state index contributed by atoms with van der Waals surface area (Å²) in [4.78, 5) is 60.0. The lowest BCUT2D eigenvalue weighted by atomic mass is 10.1. The van der Waals surface area contributed by atoms with Crippen molar-refractivity contribution in [2.75, 3.05) is 18.6 Å². The van der Waals surface area contributed by atoms with Crippen molar-refractivity contribution in [3.63, 3.8) is 0 Å². The molecule has 11 N–H and O–H groups in total. The van der Waals surface area contributed by atoms with Gasteiger partial charge >= 0.3 is 5.97 Å². The summed E-state index contributed by atoms with van der Waals surface area (Å²) >= 11 is 1.45. The molecule has 1 aromatic rings. The van der Waals surface area contributed by atoms with Gasteiger partial charge in [-0.15, -0.1) is 0 Å². The van der Waals surface area contributed by atoms with Crippen molar-refractivity contribution in [1.82, 2.24) is 25.9 Å². The Hall–Kier alpha value is -3.33. The van der Waals surface area contributed by atoms with E-state index in [0.717, 1.165) is 0 Å². The van der Waals surface area contributed by atoms with Crippen molar-refractivity contribution in [3.8, 4) is 0 Å². The minimum Gasteiger partial charge on any atom is -0.480 e. The standard InChI is InChI=1S/C20H35N9O5S/c1-11(27-17(31)13(21)4-3-6-25-20(22)23)16(30)29-15(8-12-9-24-10-26-12)18(32)28-14(19(33)34)5-7-35-2/h9-11,13-15H,3-8,21H2,1-2H3,(H,24,26)(H,27,31)(H,28,32)(H,29,30)(H,33,34)(H4,22,23,25). The van der Waals surface area contributed by atoms with Gasteiger partial charge in [-0.25, -0.2) is 9.78 Å². The van der Waals surface area contributed by atoms with Gasteiger partial charge < -0.3 is 43.2 Å². The quantitative estimate of drug-likeness (QED) is 0.0664. The number of nitrogens with one attached hydrogen (secondary N) is 4. The first-order valence-corrected chi connectivity index (χ1v) is 12.4. The zero-order valence-electron chi connectivity index (χ0n) is 19.8. The first kappa shape index (κ1) is 29.7. The monoisotopic (exact) mass is 513 g/mol. The maximum absolute atomic E-state index is 12.9. The Morgan fingerprint density at radius 3 is 2.37 bits per heavy atom. The van der Waals surface area contributed by atoms with Gasteiger partial charge in [-0.1, -0.05) is 0 Å². The lowest BCUT2D eigenvalue weighted by molar-refractivity contribution is -0.142. The number of carbonyl (C=O) groups excluding carboxylic acids is 3. The number of aliphatic carboxylic acids is 1. The highest BCUT2D eigenvalue weighted by Crippen LogP contribution is 2.05. The van der Waals surface area contributed by atoms with Crippen LogP contribution in [0.15, 0.2) is 17.5 Å². The van der Waals surface area contributed by atoms with E-state index in [2.05, 4.69) is 30.9 Å². The van der Waals surface area contributed by atoms with E-state index in [1.807, 2.05) is 6.26 Å². The number of aromatic nitrogens is 2. The highest BCUT2D eigenvalue weighted by Gasteiger charge is 2.29. The first-order valence-electron chi connectivity index (χ1n) is 11.0. The number of thioether (sulfide) groups is 1. The molecule has 0 saturated carbocycles. The van der Waals surface area contributed by atoms with Gasteiger partial charge in [-0.2, -0.15) is 11.8 Å². The molecule has 15 heteroatoms. The normalized spacial score (nSPS) is 14.1. The summed E-state index contributed by atoms with van der Waals surface area (Å²) < 4.78 is 0. The van der Waals surface area contributed by atoms with Gasteiger partial charge in [0.25, 0.3) is 0 Å². The van der Waals surface area contributed by atoms with Crippen molar-refractivity contribution >= 4 is 41.4 Å². The number of aliphatic imine (C=N–C) groups is 1. The number of hydrogen-bond acceptors (Lipinski definition) is 8. The predicted molar refractivity (Wildman–Crippen MR) is 132 cm³/mol. The molecule has 0 aromatic carbocycles. The topological polar surface area (TPSA) is 244 Å². The van der Waals surface area contributed by atoms with Crippen molar-refractivity contribution < 1.29 is 24.3 Å². The van der Waals surface area contributed by atoms with Crippen molar-refractivity contribution in [2.45, 2.75) is 56.8 Å². The highest BCUT2D eigenvalue weighted by atomic mass is 32.2. The zero-order valence-corrected chi connectivity index (χ0v) is 20.6. The third-order valence-corrected chi connectivity index (χ3v) is 5.54. The molecule has 4 unspecified atom stereocenters. The zero-order chi connectivity index (χ0) is 26.4. The van der Waals surface area contributed by atoms with Gasteiger partial charge in [-0.05, 0) is 38.2 Å². The summed E-state index contributed by atoms with van der Waals surface area (Å²) in [5.41, 5.74) is 16.9. The Kier molecular flexibility index (Phi) is 13.2. The predicted octanol–water partition coefficient (Wildman–Crippen LogP) is -2.35. The number of aromatic amines is 1. The second-order valence-corrected chi connectivity index (χ2v) is 8.79. The molecule has 0 bridgehead atoms. The number of carboxylic acid groups (broad SMARTS) is 1. The number of nitrogens with zero attached hydrogens (tertiary/aromatic N) is 2. The lowest BCUT2D eigenvalue weighted by Crippen LogP contribution is -2.57. The Labute approximate surface area is 207 Å². The van der Waals surface area contributed by atoms with Crippen LogP contribution in [0.25, 0.3) is 0 Å². The number of imidazole rings is 1. The van der Waals surface area contributed by atoms with E-state index >= 15 is 0 Å². The number of nitrogens with two attached hydrogens (primary N) is 3. The number of guanidine groups is 1. The van der Waals surface area contributed by atoms with E-state index in [-0.39, 0.29) is 18.8 Å². The molecule has 0 aliphatic carbocycles. The molecule has 0 fully saturated rings. The Bertz CT molecular complexity index is 861. The van der Waals surface area contributed by atoms with Crippen LogP contribution in [-0.4, -0.2) is 87.4 Å². The number of amides is 3. The maximum Gasteiger partial charge on any atom is 0.326 e. The maximum atomic E-state index is 12.9. The molecule has 1 heterocycles. The van der Waals surface area contributed by atoms with E-state index in [0.29, 0.717) is 30.8 Å². The largest absolute Gasteiger partial charge is 0.480 e. The number of hydrogen-bond donors (Lipinski definition) is 8. The summed E-state index contributed by atoms with van der Waals surface area (Å²) in [5, 5.41) is 16.9. The van der Waals surface area contributed by atoms with Crippen LogP contribution in [0.4, 0.5) is 0 Å². The Morgan fingerprint density at radius 2 is 1.80 bits per heavy atom. The number of carbonyl (C=O) groups is 4. The smallest absolute Gasteiger partial charge is 0.326 e. The highest BCUT2D eigenvalue weighted by molar-refractivity contribution is 7.98. The molecule has 0 aliphatic rings. The molecular formula is C20H35N9O5S. The minimum atomic E-state index is -1.17. The van der Waals surface area contributed by atoms with Gasteiger partial charge in [0.05, 0.1) is 12.4 Å². The SMILES string of the molecule is CSCCC(NC(=O)C(Cc1cnc[nH]1)NC(=O)C(C)NC(=O)C(N)CCCN=C(N)N)C(=O)O. The van der Waals surface area contributed by atoms with Gasteiger partial charge in [-0.3, -0.25) is 19.4 Å². The van der Waals surface area contributed by atoms with Crippen LogP contribution in [0.2, 0.25) is 0 Å².